The number of phenols is 1. The van der Waals surface area contributed by atoms with Gasteiger partial charge in [0.25, 0.3) is 0 Å². The number of nitrogens with one attached hydrogen (secondary N) is 1. The Morgan fingerprint density at radius 1 is 1.05 bits per heavy atom. The van der Waals surface area contributed by atoms with E-state index in [9.17, 15) is 5.11 Å². The van der Waals surface area contributed by atoms with Crippen molar-refractivity contribution in [3.63, 3.8) is 0 Å². The smallest absolute Gasteiger partial charge is 0.188 e. The minimum Gasteiger partial charge on any atom is -0.505 e. The molecule has 3 nitrogen and oxygen atoms in total. The van der Waals surface area contributed by atoms with Crippen LogP contribution < -0.4 is 5.32 Å². The fraction of sp³-hybridized carbons (Fsp3) is 0.0556. The van der Waals surface area contributed by atoms with Crippen molar-refractivity contribution in [3.05, 3.63) is 60.2 Å². The molecule has 0 bridgehead atoms. The van der Waals surface area contributed by atoms with Gasteiger partial charge in [-0.3, -0.25) is 0 Å². The summed E-state index contributed by atoms with van der Waals surface area (Å²) in [6.07, 6.45) is 0. The second kappa shape index (κ2) is 5.00. The van der Waals surface area contributed by atoms with Gasteiger partial charge in [0.05, 0.1) is 15.9 Å². The average Bonchev–Trinajstić information content (AvgIpc) is 2.94. The topological polar surface area (TPSA) is 45.2 Å². The molecule has 0 aliphatic rings. The van der Waals surface area contributed by atoms with E-state index in [0.29, 0.717) is 0 Å². The van der Waals surface area contributed by atoms with Crippen LogP contribution in [0.5, 0.6) is 5.75 Å². The maximum absolute atomic E-state index is 10.4. The number of aromatic nitrogens is 1. The molecule has 0 radical (unpaired) electrons. The summed E-state index contributed by atoms with van der Waals surface area (Å²) in [5.41, 5.74) is 2.53. The quantitative estimate of drug-likeness (QED) is 0.500. The number of hydrogen-bond donors (Lipinski definition) is 2. The van der Waals surface area contributed by atoms with Gasteiger partial charge >= 0.3 is 0 Å². The van der Waals surface area contributed by atoms with Crippen molar-refractivity contribution in [2.45, 2.75) is 6.92 Å². The second-order valence-electron chi connectivity index (χ2n) is 5.25. The van der Waals surface area contributed by atoms with Crippen molar-refractivity contribution in [2.24, 2.45) is 0 Å². The minimum absolute atomic E-state index is 0.276. The molecule has 0 spiro atoms. The van der Waals surface area contributed by atoms with E-state index in [1.165, 1.54) is 0 Å². The Balaban J connectivity index is 1.88. The van der Waals surface area contributed by atoms with Gasteiger partial charge in [-0.15, -0.1) is 0 Å². The van der Waals surface area contributed by atoms with E-state index in [1.807, 2.05) is 61.5 Å². The third-order valence-electron chi connectivity index (χ3n) is 3.74. The maximum Gasteiger partial charge on any atom is 0.188 e. The SMILES string of the molecule is Cc1cc2ccccc2c(Nc2nc3ccccc3s2)c1O. The van der Waals surface area contributed by atoms with Crippen LogP contribution in [0.25, 0.3) is 21.0 Å². The van der Waals surface area contributed by atoms with Crippen molar-refractivity contribution < 1.29 is 5.11 Å². The van der Waals surface area contributed by atoms with E-state index in [0.717, 1.165) is 37.4 Å². The summed E-state index contributed by atoms with van der Waals surface area (Å²) in [6.45, 7) is 1.91. The first-order chi connectivity index (χ1) is 10.7. The number of aryl methyl sites for hydroxylation is 1. The summed E-state index contributed by atoms with van der Waals surface area (Å²) in [4.78, 5) is 4.58. The fourth-order valence-corrected chi connectivity index (χ4v) is 3.51. The van der Waals surface area contributed by atoms with Gasteiger partial charge in [0.15, 0.2) is 5.13 Å². The second-order valence-corrected chi connectivity index (χ2v) is 6.28. The van der Waals surface area contributed by atoms with Crippen molar-refractivity contribution >= 4 is 43.1 Å². The first-order valence-corrected chi connectivity index (χ1v) is 7.88. The summed E-state index contributed by atoms with van der Waals surface area (Å²) in [5.74, 6) is 0.276. The Labute approximate surface area is 131 Å². The van der Waals surface area contributed by atoms with Crippen LogP contribution in [-0.2, 0) is 0 Å². The number of phenolic OH excluding ortho intramolecular Hbond substituents is 1. The number of thiazole rings is 1. The molecule has 0 fully saturated rings. The number of nitrogens with zero attached hydrogens (tertiary/aromatic N) is 1. The van der Waals surface area contributed by atoms with E-state index in [-0.39, 0.29) is 5.75 Å². The van der Waals surface area contributed by atoms with Crippen molar-refractivity contribution in [3.8, 4) is 5.75 Å². The predicted octanol–water partition coefficient (Wildman–Crippen LogP) is 5.21. The third-order valence-corrected chi connectivity index (χ3v) is 4.69. The molecular weight excluding hydrogens is 292 g/mol. The highest BCUT2D eigenvalue weighted by Gasteiger charge is 2.12. The monoisotopic (exact) mass is 306 g/mol. The van der Waals surface area contributed by atoms with Crippen LogP contribution in [0.15, 0.2) is 54.6 Å². The average molecular weight is 306 g/mol. The van der Waals surface area contributed by atoms with E-state index in [1.54, 1.807) is 11.3 Å². The Morgan fingerprint density at radius 2 is 1.82 bits per heavy atom. The number of anilines is 2. The fourth-order valence-electron chi connectivity index (χ4n) is 2.64. The number of aromatic hydroxyl groups is 1. The Kier molecular flexibility index (Phi) is 2.98. The molecule has 22 heavy (non-hydrogen) atoms. The van der Waals surface area contributed by atoms with Crippen molar-refractivity contribution in [1.82, 2.24) is 4.98 Å². The zero-order chi connectivity index (χ0) is 15.1. The van der Waals surface area contributed by atoms with E-state index < -0.39 is 0 Å². The zero-order valence-electron chi connectivity index (χ0n) is 12.0. The first kappa shape index (κ1) is 13.1. The molecule has 1 heterocycles. The van der Waals surface area contributed by atoms with Crippen LogP contribution in [0.3, 0.4) is 0 Å². The van der Waals surface area contributed by atoms with Crippen LogP contribution in [0, 0.1) is 6.92 Å². The highest BCUT2D eigenvalue weighted by Crippen LogP contribution is 2.39. The maximum atomic E-state index is 10.4. The van der Waals surface area contributed by atoms with Gasteiger partial charge in [-0.05, 0) is 36.1 Å². The van der Waals surface area contributed by atoms with Crippen LogP contribution in [-0.4, -0.2) is 10.1 Å². The first-order valence-electron chi connectivity index (χ1n) is 7.06. The van der Waals surface area contributed by atoms with Crippen molar-refractivity contribution in [1.29, 1.82) is 0 Å². The van der Waals surface area contributed by atoms with Gasteiger partial charge in [-0.25, -0.2) is 4.98 Å². The summed E-state index contributed by atoms with van der Waals surface area (Å²) >= 11 is 1.58. The number of hydrogen-bond acceptors (Lipinski definition) is 4. The Morgan fingerprint density at radius 3 is 2.68 bits per heavy atom. The summed E-state index contributed by atoms with van der Waals surface area (Å²) in [7, 11) is 0. The van der Waals surface area contributed by atoms with Gasteiger partial charge in [0.1, 0.15) is 5.75 Å². The number of fused-ring (bicyclic) bond motifs is 2. The molecule has 1 aromatic heterocycles. The van der Waals surface area contributed by atoms with Crippen LogP contribution >= 0.6 is 11.3 Å². The molecule has 2 N–H and O–H groups in total. The largest absolute Gasteiger partial charge is 0.505 e. The lowest BCUT2D eigenvalue weighted by Crippen LogP contribution is -1.93. The van der Waals surface area contributed by atoms with Gasteiger partial charge in [0, 0.05) is 5.39 Å². The van der Waals surface area contributed by atoms with Gasteiger partial charge in [-0.1, -0.05) is 47.7 Å². The third kappa shape index (κ3) is 2.09. The molecule has 4 rings (SSSR count). The highest BCUT2D eigenvalue weighted by molar-refractivity contribution is 7.22. The van der Waals surface area contributed by atoms with E-state index >= 15 is 0 Å². The molecule has 3 aromatic carbocycles. The zero-order valence-corrected chi connectivity index (χ0v) is 12.8. The predicted molar refractivity (Wildman–Crippen MR) is 93.3 cm³/mol. The molecule has 4 aromatic rings. The molecule has 0 saturated heterocycles. The molecule has 4 heteroatoms. The molecule has 0 amide bonds. The summed E-state index contributed by atoms with van der Waals surface area (Å²) < 4.78 is 1.13. The standard InChI is InChI=1S/C18H14N2OS/c1-11-10-12-6-2-3-7-13(12)16(17(11)21)20-18-19-14-8-4-5-9-15(14)22-18/h2-10,21H,1H3,(H,19,20). The number of rotatable bonds is 2. The molecule has 108 valence electrons. The van der Waals surface area contributed by atoms with Gasteiger partial charge < -0.3 is 10.4 Å². The summed E-state index contributed by atoms with van der Waals surface area (Å²) in [6, 6.07) is 18.0. The van der Waals surface area contributed by atoms with Gasteiger partial charge in [-0.2, -0.15) is 0 Å². The molecule has 0 aliphatic heterocycles. The molecule has 0 aliphatic carbocycles. The molecular formula is C18H14N2OS. The Hall–Kier alpha value is -2.59. The normalized spacial score (nSPS) is 11.1. The Bertz CT molecular complexity index is 958. The lowest BCUT2D eigenvalue weighted by atomic mass is 10.0. The molecule has 0 unspecified atom stereocenters. The van der Waals surface area contributed by atoms with Crippen LogP contribution in [0.1, 0.15) is 5.56 Å². The van der Waals surface area contributed by atoms with Gasteiger partial charge in [0.2, 0.25) is 0 Å². The number of para-hydroxylation sites is 1. The van der Waals surface area contributed by atoms with Crippen LogP contribution in [0.4, 0.5) is 10.8 Å². The molecule has 0 atom stereocenters. The lowest BCUT2D eigenvalue weighted by Gasteiger charge is -2.12. The highest BCUT2D eigenvalue weighted by atomic mass is 32.1. The summed E-state index contributed by atoms with van der Waals surface area (Å²) in [5, 5.41) is 16.6. The lowest BCUT2D eigenvalue weighted by molar-refractivity contribution is 0.474. The van der Waals surface area contributed by atoms with Crippen molar-refractivity contribution in [2.75, 3.05) is 5.32 Å². The van der Waals surface area contributed by atoms with Crippen LogP contribution in [0.2, 0.25) is 0 Å². The van der Waals surface area contributed by atoms with E-state index in [2.05, 4.69) is 10.3 Å². The number of benzene rings is 3. The van der Waals surface area contributed by atoms with E-state index in [4.69, 9.17) is 0 Å². The molecule has 0 saturated carbocycles. The minimum atomic E-state index is 0.276.